The Labute approximate surface area is 133 Å². The van der Waals surface area contributed by atoms with Crippen LogP contribution < -0.4 is 0 Å². The van der Waals surface area contributed by atoms with E-state index in [2.05, 4.69) is 13.8 Å². The number of esters is 2. The van der Waals surface area contributed by atoms with Gasteiger partial charge in [0.25, 0.3) is 0 Å². The van der Waals surface area contributed by atoms with E-state index in [0.717, 1.165) is 8.87 Å². The Morgan fingerprint density at radius 2 is 1.14 bits per heavy atom. The zero-order chi connectivity index (χ0) is 16.1. The molecular weight excluding hydrogens is 375 g/mol. The number of rotatable bonds is 12. The van der Waals surface area contributed by atoms with Crippen LogP contribution in [-0.4, -0.2) is 43.5 Å². The van der Waals surface area contributed by atoms with Gasteiger partial charge < -0.3 is 0 Å². The van der Waals surface area contributed by atoms with E-state index in [1.807, 2.05) is 0 Å². The van der Waals surface area contributed by atoms with Gasteiger partial charge in [-0.1, -0.05) is 0 Å². The maximum absolute atomic E-state index is 11.0. The van der Waals surface area contributed by atoms with Crippen LogP contribution in [0.4, 0.5) is 0 Å². The Morgan fingerprint density at radius 3 is 1.43 bits per heavy atom. The zero-order valence-corrected chi connectivity index (χ0v) is 17.1. The fraction of sp³-hybridized carbons (Fsp3) is 0.875. The van der Waals surface area contributed by atoms with Crippen molar-refractivity contribution >= 4 is 30.3 Å². The van der Waals surface area contributed by atoms with Crippen molar-refractivity contribution in [1.29, 1.82) is 0 Å². The van der Waals surface area contributed by atoms with Gasteiger partial charge in [0.1, 0.15) is 0 Å². The van der Waals surface area contributed by atoms with E-state index >= 15 is 0 Å². The van der Waals surface area contributed by atoms with Gasteiger partial charge in [-0.25, -0.2) is 0 Å². The number of ether oxygens (including phenoxy) is 2. The zero-order valence-electron chi connectivity index (χ0n) is 14.2. The molecule has 0 amide bonds. The van der Waals surface area contributed by atoms with Gasteiger partial charge in [-0.15, -0.1) is 0 Å². The van der Waals surface area contributed by atoms with Crippen molar-refractivity contribution in [2.45, 2.75) is 71.1 Å². The third kappa shape index (κ3) is 11.0. The average molecular weight is 407 g/mol. The third-order valence-corrected chi connectivity index (χ3v) is 19.3. The fourth-order valence-electron chi connectivity index (χ4n) is 2.68. The van der Waals surface area contributed by atoms with E-state index in [9.17, 15) is 9.59 Å². The Hall–Kier alpha value is -0.261. The molecule has 0 atom stereocenters. The van der Waals surface area contributed by atoms with E-state index < -0.39 is 18.4 Å². The van der Waals surface area contributed by atoms with E-state index in [1.54, 1.807) is 0 Å². The molecule has 0 fully saturated rings. The van der Waals surface area contributed by atoms with Crippen LogP contribution in [0.1, 0.15) is 53.4 Å². The third-order valence-electron chi connectivity index (χ3n) is 4.00. The second kappa shape index (κ2) is 12.3. The van der Waals surface area contributed by atoms with Crippen molar-refractivity contribution < 1.29 is 19.1 Å². The summed E-state index contributed by atoms with van der Waals surface area (Å²) in [6.45, 7) is 8.48. The van der Waals surface area contributed by atoms with Crippen LogP contribution in [0.25, 0.3) is 0 Å². The van der Waals surface area contributed by atoms with Crippen LogP contribution in [0.2, 0.25) is 17.7 Å². The van der Waals surface area contributed by atoms with Gasteiger partial charge in [-0.2, -0.15) is 0 Å². The van der Waals surface area contributed by atoms with E-state index in [-0.39, 0.29) is 11.9 Å². The summed E-state index contributed by atoms with van der Waals surface area (Å²) in [5.41, 5.74) is 0. The molecule has 0 aliphatic carbocycles. The van der Waals surface area contributed by atoms with E-state index in [0.29, 0.717) is 13.2 Å². The number of carbonyl (C=O) groups excluding carboxylic acids is 2. The number of unbranched alkanes of at least 4 members (excludes halogenated alkanes) is 2. The molecule has 0 aromatic rings. The van der Waals surface area contributed by atoms with Gasteiger partial charge in [0.15, 0.2) is 0 Å². The fourth-order valence-corrected chi connectivity index (χ4v) is 16.3. The molecule has 0 unspecified atom stereocenters. The van der Waals surface area contributed by atoms with Crippen LogP contribution in [0, 0.1) is 0 Å². The Balaban J connectivity index is 4.65. The van der Waals surface area contributed by atoms with Gasteiger partial charge >= 0.3 is 134 Å². The second-order valence-corrected chi connectivity index (χ2v) is 20.2. The first-order chi connectivity index (χ1) is 9.95. The van der Waals surface area contributed by atoms with E-state index in [4.69, 9.17) is 9.47 Å². The molecule has 21 heavy (non-hydrogen) atoms. The van der Waals surface area contributed by atoms with Crippen LogP contribution in [0.5, 0.6) is 0 Å². The average Bonchev–Trinajstić information content (AvgIpc) is 2.41. The number of carbonyl (C=O) groups is 2. The molecule has 0 aromatic heterocycles. The number of hydrogen-bond acceptors (Lipinski definition) is 4. The molecule has 0 saturated carbocycles. The SMILES string of the molecule is CCC[CH2][Sn]([CH2]CCC)([CH2]COC(C)=O)[CH2]COC(C)=O. The van der Waals surface area contributed by atoms with Crippen molar-refractivity contribution in [2.24, 2.45) is 0 Å². The van der Waals surface area contributed by atoms with Gasteiger partial charge in [0.05, 0.1) is 0 Å². The van der Waals surface area contributed by atoms with Gasteiger partial charge in [-0.05, 0) is 0 Å². The summed E-state index contributed by atoms with van der Waals surface area (Å²) >= 11 is -2.37. The predicted molar refractivity (Wildman–Crippen MR) is 88.1 cm³/mol. The molecule has 0 aromatic carbocycles. The molecule has 5 heteroatoms. The summed E-state index contributed by atoms with van der Waals surface area (Å²) in [6, 6.07) is 0. The van der Waals surface area contributed by atoms with Gasteiger partial charge in [-0.3, -0.25) is 0 Å². The van der Waals surface area contributed by atoms with Gasteiger partial charge in [0.2, 0.25) is 0 Å². The normalized spacial score (nSPS) is 11.2. The predicted octanol–water partition coefficient (Wildman–Crippen LogP) is 4.16. The van der Waals surface area contributed by atoms with Crippen molar-refractivity contribution in [3.63, 3.8) is 0 Å². The van der Waals surface area contributed by atoms with Crippen molar-refractivity contribution in [3.8, 4) is 0 Å². The molecule has 0 bridgehead atoms. The quantitative estimate of drug-likeness (QED) is 0.360. The summed E-state index contributed by atoms with van der Waals surface area (Å²) in [5, 5.41) is 0. The second-order valence-electron chi connectivity index (χ2n) is 5.89. The molecule has 0 N–H and O–H groups in total. The molecule has 0 rings (SSSR count). The Kier molecular flexibility index (Phi) is 12.1. The number of hydrogen-bond donors (Lipinski definition) is 0. The first-order valence-electron chi connectivity index (χ1n) is 8.22. The Bertz CT molecular complexity index is 275. The van der Waals surface area contributed by atoms with Crippen LogP contribution >= 0.6 is 0 Å². The van der Waals surface area contributed by atoms with Crippen molar-refractivity contribution in [2.75, 3.05) is 13.2 Å². The van der Waals surface area contributed by atoms with Crippen LogP contribution in [-0.2, 0) is 19.1 Å². The summed E-state index contributed by atoms with van der Waals surface area (Å²) in [4.78, 5) is 22.0. The molecule has 0 spiro atoms. The monoisotopic (exact) mass is 408 g/mol. The first kappa shape index (κ1) is 20.7. The maximum atomic E-state index is 11.0. The minimum absolute atomic E-state index is 0.193. The summed E-state index contributed by atoms with van der Waals surface area (Å²) in [6.07, 6.45) is 4.90. The molecule has 0 heterocycles. The first-order valence-corrected chi connectivity index (χ1v) is 16.3. The van der Waals surface area contributed by atoms with Crippen molar-refractivity contribution in [1.82, 2.24) is 0 Å². The topological polar surface area (TPSA) is 52.6 Å². The molecule has 4 nitrogen and oxygen atoms in total. The summed E-state index contributed by atoms with van der Waals surface area (Å²) < 4.78 is 15.1. The molecule has 124 valence electrons. The summed E-state index contributed by atoms with van der Waals surface area (Å²) in [5.74, 6) is -0.387. The summed E-state index contributed by atoms with van der Waals surface area (Å²) in [7, 11) is 0. The van der Waals surface area contributed by atoms with Gasteiger partial charge in [0, 0.05) is 0 Å². The van der Waals surface area contributed by atoms with Crippen LogP contribution in [0.3, 0.4) is 0 Å². The molecule has 0 aliphatic rings. The van der Waals surface area contributed by atoms with Crippen LogP contribution in [0.15, 0.2) is 0 Å². The molecule has 0 radical (unpaired) electrons. The Morgan fingerprint density at radius 1 is 0.762 bits per heavy atom. The standard InChI is InChI=1S/2C4H7O2.2C4H9.Sn/c2*1-3-6-4(2)5;2*1-3-4-2;/h2*1,3H2,2H3;2*1,3-4H2,2H3;. The molecular formula is C16H32O4Sn. The minimum atomic E-state index is -2.37. The molecule has 0 saturated heterocycles. The van der Waals surface area contributed by atoms with E-state index in [1.165, 1.54) is 48.4 Å². The molecule has 0 aliphatic heterocycles. The van der Waals surface area contributed by atoms with Crippen molar-refractivity contribution in [3.05, 3.63) is 0 Å².